The lowest BCUT2D eigenvalue weighted by molar-refractivity contribution is 0.794. The molecule has 0 saturated carbocycles. The van der Waals surface area contributed by atoms with Gasteiger partial charge in [-0.15, -0.1) is 0 Å². The fourth-order valence-electron chi connectivity index (χ4n) is 10.0. The lowest BCUT2D eigenvalue weighted by Crippen LogP contribution is -2.29. The first-order chi connectivity index (χ1) is 26.3. The zero-order chi connectivity index (χ0) is 34.7. The number of rotatable bonds is 3. The number of amidine groups is 1. The largest absolute Gasteiger partial charge is 0.340 e. The van der Waals surface area contributed by atoms with Crippen molar-refractivity contribution in [1.82, 2.24) is 5.32 Å². The maximum Gasteiger partial charge on any atom is 0.134 e. The molecule has 1 heterocycles. The molecule has 2 nitrogen and oxygen atoms in total. The lowest BCUT2D eigenvalue weighted by atomic mass is 9.70. The van der Waals surface area contributed by atoms with Gasteiger partial charge in [-0.2, -0.15) is 0 Å². The number of aliphatic imine (C=N–C) groups is 1. The third-order valence-electron chi connectivity index (χ3n) is 12.1. The Morgan fingerprint density at radius 3 is 1.75 bits per heavy atom. The standard InChI is InChI=1S/C51H32N2/c1-3-15-31(16-4-1)45-30-46(32-17-5-2-6-18-32)53-50(52-45)39-25-14-28-43-49(39)37-22-10-12-27-42(37)51(43)41-26-11-9-21-36(41)48-38-24-13-23-35-33-19-7-8-20-34(33)40(47(35)38)29-44(48)51/h1-30,45H,(H,52,53). The van der Waals surface area contributed by atoms with Crippen molar-refractivity contribution >= 4 is 22.3 Å². The molecule has 0 aromatic heterocycles. The first-order valence-corrected chi connectivity index (χ1v) is 18.5. The normalized spacial score (nSPS) is 18.1. The van der Waals surface area contributed by atoms with Gasteiger partial charge in [0, 0.05) is 11.3 Å². The molecule has 0 fully saturated rings. The second-order valence-electron chi connectivity index (χ2n) is 14.6. The predicted octanol–water partition coefficient (Wildman–Crippen LogP) is 12.0. The number of hydrogen-bond acceptors (Lipinski definition) is 2. The third kappa shape index (κ3) is 3.75. The minimum atomic E-state index is -0.488. The molecule has 1 N–H and O–H groups in total. The van der Waals surface area contributed by atoms with E-state index in [9.17, 15) is 0 Å². The van der Waals surface area contributed by atoms with Gasteiger partial charge in [0.15, 0.2) is 0 Å². The van der Waals surface area contributed by atoms with E-state index in [1.165, 1.54) is 83.1 Å². The van der Waals surface area contributed by atoms with Gasteiger partial charge < -0.3 is 5.32 Å². The zero-order valence-corrected chi connectivity index (χ0v) is 28.8. The molecule has 53 heavy (non-hydrogen) atoms. The van der Waals surface area contributed by atoms with Crippen LogP contribution >= 0.6 is 0 Å². The van der Waals surface area contributed by atoms with Crippen LogP contribution < -0.4 is 5.32 Å². The molecule has 0 amide bonds. The fourth-order valence-corrected chi connectivity index (χ4v) is 10.0. The second-order valence-corrected chi connectivity index (χ2v) is 14.6. The first-order valence-electron chi connectivity index (χ1n) is 18.5. The van der Waals surface area contributed by atoms with Crippen LogP contribution in [0.4, 0.5) is 0 Å². The van der Waals surface area contributed by atoms with E-state index >= 15 is 0 Å². The van der Waals surface area contributed by atoms with Crippen LogP contribution in [0.1, 0.15) is 45.0 Å². The van der Waals surface area contributed by atoms with Crippen molar-refractivity contribution in [2.24, 2.45) is 4.99 Å². The van der Waals surface area contributed by atoms with Crippen molar-refractivity contribution in [2.45, 2.75) is 11.5 Å². The zero-order valence-electron chi connectivity index (χ0n) is 28.8. The van der Waals surface area contributed by atoms with Gasteiger partial charge in [-0.05, 0) is 101 Å². The first kappa shape index (κ1) is 28.9. The maximum absolute atomic E-state index is 5.48. The number of fused-ring (bicyclic) bond motifs is 14. The maximum atomic E-state index is 5.48. The SMILES string of the molecule is C1=C(c2ccccc2)NC(c2cccc3c2-c2ccccc2C32c3ccccc3-c3c2cc2c4c(cccc34)-c3ccccc3-2)=NC1c1ccccc1. The summed E-state index contributed by atoms with van der Waals surface area (Å²) in [4.78, 5) is 5.48. The third-order valence-corrected chi connectivity index (χ3v) is 12.1. The Morgan fingerprint density at radius 2 is 1.00 bits per heavy atom. The van der Waals surface area contributed by atoms with E-state index in [4.69, 9.17) is 4.99 Å². The molecule has 8 aromatic rings. The molecular formula is C51H32N2. The van der Waals surface area contributed by atoms with Crippen LogP contribution in [0.5, 0.6) is 0 Å². The molecule has 0 bridgehead atoms. The van der Waals surface area contributed by atoms with Crippen molar-refractivity contribution in [3.05, 3.63) is 221 Å². The minimum absolute atomic E-state index is 0.123. The predicted molar refractivity (Wildman–Crippen MR) is 218 cm³/mol. The van der Waals surface area contributed by atoms with Gasteiger partial charge in [0.2, 0.25) is 0 Å². The highest BCUT2D eigenvalue weighted by Gasteiger charge is 2.53. The Labute approximate surface area is 308 Å². The Bertz CT molecular complexity index is 2920. The average Bonchev–Trinajstić information content (AvgIpc) is 3.84. The second kappa shape index (κ2) is 10.6. The molecule has 8 aromatic carbocycles. The molecule has 0 saturated heterocycles. The summed E-state index contributed by atoms with van der Waals surface area (Å²) in [5.41, 5.74) is 19.9. The van der Waals surface area contributed by atoms with E-state index < -0.39 is 5.41 Å². The Kier molecular flexibility index (Phi) is 5.79. The Hall–Kier alpha value is -6.77. The van der Waals surface area contributed by atoms with Crippen molar-refractivity contribution in [3.63, 3.8) is 0 Å². The van der Waals surface area contributed by atoms with E-state index in [0.29, 0.717) is 0 Å². The molecule has 0 radical (unpaired) electrons. The molecule has 246 valence electrons. The summed E-state index contributed by atoms with van der Waals surface area (Å²) < 4.78 is 0. The van der Waals surface area contributed by atoms with E-state index in [1.807, 2.05) is 0 Å². The quantitative estimate of drug-likeness (QED) is 0.198. The summed E-state index contributed by atoms with van der Waals surface area (Å²) in [5.74, 6) is 0.895. The highest BCUT2D eigenvalue weighted by atomic mass is 15.0. The fraction of sp³-hybridized carbons (Fsp3) is 0.0392. The Morgan fingerprint density at radius 1 is 0.434 bits per heavy atom. The van der Waals surface area contributed by atoms with Gasteiger partial charge in [0.05, 0.1) is 11.5 Å². The Balaban J connectivity index is 1.15. The molecule has 2 atom stereocenters. The summed E-state index contributed by atoms with van der Waals surface area (Å²) in [7, 11) is 0. The lowest BCUT2D eigenvalue weighted by Gasteiger charge is -2.31. The molecule has 2 heteroatoms. The smallest absolute Gasteiger partial charge is 0.134 e. The van der Waals surface area contributed by atoms with E-state index in [2.05, 4.69) is 187 Å². The molecule has 3 aliphatic carbocycles. The van der Waals surface area contributed by atoms with E-state index in [1.54, 1.807) is 0 Å². The van der Waals surface area contributed by atoms with Crippen LogP contribution in [0.25, 0.3) is 61.0 Å². The number of benzene rings is 8. The van der Waals surface area contributed by atoms with Crippen LogP contribution in [0.3, 0.4) is 0 Å². The summed E-state index contributed by atoms with van der Waals surface area (Å²) >= 11 is 0. The highest BCUT2D eigenvalue weighted by Crippen LogP contribution is 2.66. The van der Waals surface area contributed by atoms with E-state index in [0.717, 1.165) is 22.7 Å². The van der Waals surface area contributed by atoms with Crippen LogP contribution in [-0.4, -0.2) is 5.84 Å². The van der Waals surface area contributed by atoms with Crippen LogP contribution in [0, 0.1) is 0 Å². The molecule has 4 aliphatic rings. The van der Waals surface area contributed by atoms with Crippen molar-refractivity contribution in [3.8, 4) is 44.5 Å². The van der Waals surface area contributed by atoms with Crippen molar-refractivity contribution in [2.75, 3.05) is 0 Å². The monoisotopic (exact) mass is 672 g/mol. The highest BCUT2D eigenvalue weighted by molar-refractivity contribution is 6.21. The van der Waals surface area contributed by atoms with Gasteiger partial charge in [-0.3, -0.25) is 4.99 Å². The molecule has 2 unspecified atom stereocenters. The molecule has 1 spiro atoms. The van der Waals surface area contributed by atoms with Gasteiger partial charge in [0.1, 0.15) is 5.84 Å². The molecular weight excluding hydrogens is 641 g/mol. The number of nitrogens with zero attached hydrogens (tertiary/aromatic N) is 1. The topological polar surface area (TPSA) is 24.4 Å². The van der Waals surface area contributed by atoms with Crippen molar-refractivity contribution < 1.29 is 0 Å². The molecule has 1 aliphatic heterocycles. The summed E-state index contributed by atoms with van der Waals surface area (Å²) in [5, 5.41) is 6.54. The van der Waals surface area contributed by atoms with Gasteiger partial charge >= 0.3 is 0 Å². The van der Waals surface area contributed by atoms with Crippen LogP contribution in [0.15, 0.2) is 187 Å². The van der Waals surface area contributed by atoms with Crippen LogP contribution in [-0.2, 0) is 5.41 Å². The van der Waals surface area contributed by atoms with Crippen LogP contribution in [0.2, 0.25) is 0 Å². The van der Waals surface area contributed by atoms with Gasteiger partial charge in [-0.25, -0.2) is 0 Å². The van der Waals surface area contributed by atoms with Gasteiger partial charge in [0.25, 0.3) is 0 Å². The number of nitrogens with one attached hydrogen (secondary N) is 1. The molecule has 12 rings (SSSR count). The summed E-state index contributed by atoms with van der Waals surface area (Å²) in [6.07, 6.45) is 2.26. The van der Waals surface area contributed by atoms with Gasteiger partial charge in [-0.1, -0.05) is 170 Å². The minimum Gasteiger partial charge on any atom is -0.340 e. The van der Waals surface area contributed by atoms with Crippen molar-refractivity contribution in [1.29, 1.82) is 0 Å². The van der Waals surface area contributed by atoms with E-state index in [-0.39, 0.29) is 6.04 Å². The average molecular weight is 673 g/mol. The summed E-state index contributed by atoms with van der Waals surface area (Å²) in [6.45, 7) is 0. The number of hydrogen-bond donors (Lipinski definition) is 1. The summed E-state index contributed by atoms with van der Waals surface area (Å²) in [6, 6.07) is 64.7.